The first-order valence-electron chi connectivity index (χ1n) is 52.2. The van der Waals surface area contributed by atoms with Crippen molar-refractivity contribution >= 4 is 50.6 Å². The molecule has 0 N–H and O–H groups in total. The predicted molar refractivity (Wildman–Crippen MR) is 631 cm³/mol. The van der Waals surface area contributed by atoms with Crippen molar-refractivity contribution in [2.24, 2.45) is 0 Å². The third-order valence-corrected chi connectivity index (χ3v) is 36.2. The summed E-state index contributed by atoms with van der Waals surface area (Å²) in [5, 5.41) is 8.30. The van der Waals surface area contributed by atoms with Crippen LogP contribution in [-0.4, -0.2) is 12.6 Å². The topological polar surface area (TPSA) is 4.93 Å². The molecule has 0 saturated carbocycles. The SMILES string of the molecule is Cc1ccc(-c2ccc3c(c2)C2(c4ccccc4-c4ccccc42)c2ccccc2-3)cc1.Cc1ccc([Si](c2ccccc2)(c2ccccc2)c2ccccc2)cc1.Cc1ccc2c(c1)C(c1ccccc1)(c1ccccc1)c1ccccc1-2.Cc1ccc2c(c1)C1(c3ccccc3-c3ccccc31)c1ccccc1-2.Cc1ccc2c3ccccc3n(-c3ccccc3)c2c1.Cc1cccc(-c2cccc(-c3ccccc3)c2)c1. The Bertz CT molecular complexity index is 8670. The van der Waals surface area contributed by atoms with Crippen LogP contribution in [0.4, 0.5) is 0 Å². The molecular weight excluding hydrogens is 1810 g/mol. The fraction of sp³-hybridized carbons (Fsp3) is 0.0612. The smallest absolute Gasteiger partial charge is 0.179 e. The zero-order valence-corrected chi connectivity index (χ0v) is 85.8. The van der Waals surface area contributed by atoms with E-state index < -0.39 is 8.07 Å². The van der Waals surface area contributed by atoms with E-state index in [1.807, 2.05) is 6.07 Å². The fourth-order valence-corrected chi connectivity index (χ4v) is 29.7. The average Bonchev–Trinajstić information content (AvgIpc) is 1.51. The van der Waals surface area contributed by atoms with Crippen LogP contribution < -0.4 is 20.7 Å². The Balaban J connectivity index is 0.0000000961. The molecular formula is C147H113NSi. The van der Waals surface area contributed by atoms with Gasteiger partial charge in [0.2, 0.25) is 0 Å². The number of aromatic nitrogens is 1. The highest BCUT2D eigenvalue weighted by Crippen LogP contribution is 2.65. The van der Waals surface area contributed by atoms with Crippen molar-refractivity contribution in [3.8, 4) is 94.7 Å². The van der Waals surface area contributed by atoms with Gasteiger partial charge in [-0.25, -0.2) is 0 Å². The minimum Gasteiger partial charge on any atom is -0.309 e. The molecule has 2 spiro atoms. The van der Waals surface area contributed by atoms with Gasteiger partial charge in [0.25, 0.3) is 0 Å². The van der Waals surface area contributed by atoms with Gasteiger partial charge in [0, 0.05) is 16.5 Å². The van der Waals surface area contributed by atoms with E-state index in [0.29, 0.717) is 0 Å². The van der Waals surface area contributed by atoms with Crippen LogP contribution in [0.3, 0.4) is 0 Å². The second-order valence-electron chi connectivity index (χ2n) is 40.3. The lowest BCUT2D eigenvalue weighted by Crippen LogP contribution is -2.74. The minimum absolute atomic E-state index is 0.189. The maximum absolute atomic E-state index is 2.44. The van der Waals surface area contributed by atoms with Gasteiger partial charge < -0.3 is 4.57 Å². The quantitative estimate of drug-likeness (QED) is 0.0950. The first-order chi connectivity index (χ1) is 73.4. The van der Waals surface area contributed by atoms with Gasteiger partial charge in [0.15, 0.2) is 8.07 Å². The molecule has 0 aliphatic heterocycles. The predicted octanol–water partition coefficient (Wildman–Crippen LogP) is 34.5. The molecule has 2 heteroatoms. The first-order valence-corrected chi connectivity index (χ1v) is 54.2. The van der Waals surface area contributed by atoms with Crippen molar-refractivity contribution in [2.75, 3.05) is 0 Å². The van der Waals surface area contributed by atoms with E-state index in [-0.39, 0.29) is 16.2 Å². The van der Waals surface area contributed by atoms with Crippen LogP contribution in [0.25, 0.3) is 117 Å². The lowest BCUT2D eigenvalue weighted by atomic mass is 9.67. The molecule has 0 bridgehead atoms. The van der Waals surface area contributed by atoms with Crippen LogP contribution in [-0.2, 0) is 16.2 Å². The summed E-state index contributed by atoms with van der Waals surface area (Å²) in [6.45, 7) is 13.0. The molecule has 24 aromatic rings. The highest BCUT2D eigenvalue weighted by Gasteiger charge is 2.54. The largest absolute Gasteiger partial charge is 0.309 e. The van der Waals surface area contributed by atoms with Crippen molar-refractivity contribution in [1.29, 1.82) is 0 Å². The Morgan fingerprint density at radius 3 is 0.839 bits per heavy atom. The maximum atomic E-state index is 2.44. The van der Waals surface area contributed by atoms with E-state index in [1.165, 1.54) is 237 Å². The number of para-hydroxylation sites is 2. The van der Waals surface area contributed by atoms with Crippen LogP contribution in [0, 0.1) is 41.5 Å². The third kappa shape index (κ3) is 16.3. The summed E-state index contributed by atoms with van der Waals surface area (Å²) in [6, 6.07) is 210. The van der Waals surface area contributed by atoms with E-state index in [1.54, 1.807) is 0 Å². The lowest BCUT2D eigenvalue weighted by Gasteiger charge is -2.34. The average molecular weight is 1920 g/mol. The molecule has 0 amide bonds. The summed E-state index contributed by atoms with van der Waals surface area (Å²) >= 11 is 0. The first kappa shape index (κ1) is 93.4. The summed E-state index contributed by atoms with van der Waals surface area (Å²) in [5.74, 6) is 0. The number of benzene rings is 23. The summed E-state index contributed by atoms with van der Waals surface area (Å²) in [6.07, 6.45) is 0. The van der Waals surface area contributed by atoms with E-state index in [4.69, 9.17) is 0 Å². The summed E-state index contributed by atoms with van der Waals surface area (Å²) in [7, 11) is -2.32. The summed E-state index contributed by atoms with van der Waals surface area (Å²) < 4.78 is 2.34. The molecule has 149 heavy (non-hydrogen) atoms. The van der Waals surface area contributed by atoms with E-state index in [2.05, 4.69) is 616 Å². The second-order valence-corrected chi connectivity index (χ2v) is 44.1. The molecule has 23 aromatic carbocycles. The molecule has 0 fully saturated rings. The number of nitrogens with zero attached hydrogens (tertiary/aromatic N) is 1. The molecule has 5 aliphatic carbocycles. The number of aryl methyl sites for hydroxylation is 6. The Morgan fingerprint density at radius 2 is 0.409 bits per heavy atom. The Kier molecular flexibility index (Phi) is 25.0. The lowest BCUT2D eigenvalue weighted by molar-refractivity contribution is 0.767. The van der Waals surface area contributed by atoms with Gasteiger partial charge in [-0.2, -0.15) is 0 Å². The molecule has 0 atom stereocenters. The van der Waals surface area contributed by atoms with Gasteiger partial charge in [-0.05, 0) is 260 Å². The highest BCUT2D eigenvalue weighted by atomic mass is 28.3. The van der Waals surface area contributed by atoms with Crippen LogP contribution in [0.5, 0.6) is 0 Å². The molecule has 0 saturated heterocycles. The van der Waals surface area contributed by atoms with Gasteiger partial charge >= 0.3 is 0 Å². The normalized spacial score (nSPS) is 12.8. The number of rotatable bonds is 10. The minimum atomic E-state index is -2.32. The Labute approximate surface area is 877 Å². The van der Waals surface area contributed by atoms with Crippen molar-refractivity contribution in [1.82, 2.24) is 4.57 Å². The molecule has 1 aromatic heterocycles. The molecule has 0 radical (unpaired) electrons. The van der Waals surface area contributed by atoms with Crippen molar-refractivity contribution < 1.29 is 0 Å². The van der Waals surface area contributed by atoms with Crippen molar-refractivity contribution in [3.05, 3.63) is 676 Å². The zero-order valence-electron chi connectivity index (χ0n) is 84.8. The summed E-state index contributed by atoms with van der Waals surface area (Å²) in [4.78, 5) is 0. The van der Waals surface area contributed by atoms with Gasteiger partial charge in [0.1, 0.15) is 0 Å². The Morgan fingerprint density at radius 1 is 0.148 bits per heavy atom. The summed E-state index contributed by atoms with van der Waals surface area (Å²) in [5.41, 5.74) is 48.7. The van der Waals surface area contributed by atoms with Crippen LogP contribution in [0.1, 0.15) is 100 Å². The van der Waals surface area contributed by atoms with Gasteiger partial charge in [-0.1, -0.05) is 568 Å². The molecule has 710 valence electrons. The fourth-order valence-electron chi connectivity index (χ4n) is 24.9. The van der Waals surface area contributed by atoms with Gasteiger partial charge in [-0.15, -0.1) is 0 Å². The number of hydrogen-bond donors (Lipinski definition) is 0. The van der Waals surface area contributed by atoms with Crippen LogP contribution in [0.2, 0.25) is 0 Å². The van der Waals surface area contributed by atoms with Crippen LogP contribution in [0.15, 0.2) is 576 Å². The zero-order chi connectivity index (χ0) is 101. The van der Waals surface area contributed by atoms with E-state index in [9.17, 15) is 0 Å². The second kappa shape index (κ2) is 39.9. The maximum Gasteiger partial charge on any atom is 0.179 e. The molecule has 0 unspecified atom stereocenters. The van der Waals surface area contributed by atoms with Gasteiger partial charge in [-0.3, -0.25) is 0 Å². The molecule has 1 heterocycles. The highest BCUT2D eigenvalue weighted by molar-refractivity contribution is 7.19. The van der Waals surface area contributed by atoms with E-state index >= 15 is 0 Å². The third-order valence-electron chi connectivity index (χ3n) is 31.4. The number of hydrogen-bond acceptors (Lipinski definition) is 0. The standard InChI is InChI=1S/C32H22.C26H18.C26H20.C25H22Si.C19H15N.C19H16/c1-21-14-16-22(17-15-21)23-18-19-27-26-10-4-7-13-30(26)32(31(27)20-23)28-11-5-2-8-24(28)25-9-3-6-12-29(25)32;1-17-14-15-21-20-10-4-7-13-24(20)26(25(21)16-17)22-11-5-2-8-18(22)19-9-3-6-12-23(19)26;1-19-16-17-23-22-14-8-9-15-24(22)26(25(23)18-19,20-10-4-2-5-11-20)21-12-6-3-7-13-21;1-21-17-19-25(20-18-21)26(22-11-5-2-6-12-22,23-13-7-3-8-14-23)24-15-9-4-10-16-24;1-14-11-12-17-16-9-5-6-10-18(16)20(19(17)13-14)15-7-3-2-4-8-15;1-15-7-5-10-17(13-15)19-12-6-11-18(14-19)16-8-3-2-4-9-16/h2-20H,1H3;2-16H,1H3;2-18H,1H3;2-20H,1H3;2-13H,1H3;2-14H,1H3. The molecule has 29 rings (SSSR count). The van der Waals surface area contributed by atoms with Crippen molar-refractivity contribution in [2.45, 2.75) is 57.8 Å². The van der Waals surface area contributed by atoms with Gasteiger partial charge in [0.05, 0.1) is 27.3 Å². The molecule has 1 nitrogen and oxygen atoms in total. The molecule has 5 aliphatic rings. The van der Waals surface area contributed by atoms with Crippen molar-refractivity contribution in [3.63, 3.8) is 0 Å². The monoisotopic (exact) mass is 1920 g/mol. The Hall–Kier alpha value is -17.9. The number of fused-ring (bicyclic) bond motifs is 26. The van der Waals surface area contributed by atoms with Crippen LogP contribution >= 0.6 is 0 Å². The van der Waals surface area contributed by atoms with E-state index in [0.717, 1.165) is 0 Å².